The monoisotopic (exact) mass is 399 g/mol. The second-order valence-electron chi connectivity index (χ2n) is 7.21. The van der Waals surface area contributed by atoms with Gasteiger partial charge in [0.1, 0.15) is 0 Å². The van der Waals surface area contributed by atoms with Crippen molar-refractivity contribution in [3.05, 3.63) is 90.0 Å². The lowest BCUT2D eigenvalue weighted by molar-refractivity contribution is -0.125. The normalized spacial score (nSPS) is 15.5. The minimum atomic E-state index is -0.325. The van der Waals surface area contributed by atoms with Crippen molar-refractivity contribution in [3.63, 3.8) is 0 Å². The second kappa shape index (κ2) is 8.61. The van der Waals surface area contributed by atoms with E-state index in [1.165, 1.54) is 0 Å². The summed E-state index contributed by atoms with van der Waals surface area (Å²) in [5.74, 6) is -0.993. The fraction of sp³-hybridized carbons (Fsp3) is 0.125. The maximum atomic E-state index is 12.8. The van der Waals surface area contributed by atoms with Gasteiger partial charge in [-0.05, 0) is 48.4 Å². The zero-order valence-electron chi connectivity index (χ0n) is 16.2. The molecule has 1 heterocycles. The van der Waals surface area contributed by atoms with Crippen LogP contribution in [0, 0.1) is 5.92 Å². The van der Waals surface area contributed by atoms with Gasteiger partial charge in [-0.1, -0.05) is 42.5 Å². The Kier molecular flexibility index (Phi) is 5.57. The molecule has 0 aliphatic carbocycles. The lowest BCUT2D eigenvalue weighted by atomic mass is 9.98. The Bertz CT molecular complexity index is 1080. The molecule has 1 aliphatic heterocycles. The zero-order valence-corrected chi connectivity index (χ0v) is 16.2. The molecule has 30 heavy (non-hydrogen) atoms. The molecule has 3 aromatic rings. The van der Waals surface area contributed by atoms with E-state index in [1.807, 2.05) is 60.7 Å². The van der Waals surface area contributed by atoms with Gasteiger partial charge in [0.05, 0.1) is 17.2 Å². The van der Waals surface area contributed by atoms with Crippen molar-refractivity contribution in [2.24, 2.45) is 5.92 Å². The van der Waals surface area contributed by atoms with E-state index in [9.17, 15) is 14.4 Å². The lowest BCUT2D eigenvalue weighted by Gasteiger charge is -2.13. The van der Waals surface area contributed by atoms with Crippen molar-refractivity contribution in [2.45, 2.75) is 12.8 Å². The average molecular weight is 399 g/mol. The Morgan fingerprint density at radius 2 is 1.57 bits per heavy atom. The van der Waals surface area contributed by atoms with Gasteiger partial charge in [0, 0.05) is 17.8 Å². The highest BCUT2D eigenvalue weighted by Gasteiger charge is 2.30. The Morgan fingerprint density at radius 3 is 2.27 bits per heavy atom. The van der Waals surface area contributed by atoms with Gasteiger partial charge in [-0.15, -0.1) is 0 Å². The summed E-state index contributed by atoms with van der Waals surface area (Å²) in [6.07, 6.45) is 0.720. The molecular weight excluding hydrogens is 378 g/mol. The van der Waals surface area contributed by atoms with Crippen molar-refractivity contribution < 1.29 is 14.4 Å². The molecule has 3 aromatic carbocycles. The Labute approximate surface area is 174 Å². The van der Waals surface area contributed by atoms with Crippen LogP contribution >= 0.6 is 0 Å². The molecule has 3 N–H and O–H groups in total. The first-order valence-electron chi connectivity index (χ1n) is 9.73. The molecule has 1 atom stereocenters. The summed E-state index contributed by atoms with van der Waals surface area (Å²) >= 11 is 0. The third kappa shape index (κ3) is 4.55. The fourth-order valence-electron chi connectivity index (χ4n) is 3.45. The lowest BCUT2D eigenvalue weighted by Crippen LogP contribution is -2.22. The van der Waals surface area contributed by atoms with Gasteiger partial charge in [-0.3, -0.25) is 19.7 Å². The van der Waals surface area contributed by atoms with Gasteiger partial charge in [0.2, 0.25) is 11.8 Å². The number of carbonyl (C=O) groups excluding carboxylic acids is 3. The van der Waals surface area contributed by atoms with Crippen molar-refractivity contribution in [2.75, 3.05) is 10.6 Å². The van der Waals surface area contributed by atoms with Crippen molar-refractivity contribution >= 4 is 34.8 Å². The summed E-state index contributed by atoms with van der Waals surface area (Å²) in [6, 6.07) is 24.3. The molecule has 3 amide bonds. The SMILES string of the molecule is O=C1CC(Cc2ccc(NC(=O)c3ccccc3Nc3ccccc3)cc2)C(=O)N1. The molecule has 0 saturated carbocycles. The van der Waals surface area contributed by atoms with Crippen LogP contribution < -0.4 is 16.0 Å². The third-order valence-electron chi connectivity index (χ3n) is 4.98. The van der Waals surface area contributed by atoms with Crippen LogP contribution in [-0.4, -0.2) is 17.7 Å². The molecule has 6 nitrogen and oxygen atoms in total. The molecule has 1 unspecified atom stereocenters. The minimum Gasteiger partial charge on any atom is -0.355 e. The minimum absolute atomic E-state index is 0.220. The molecule has 0 bridgehead atoms. The molecule has 0 aromatic heterocycles. The van der Waals surface area contributed by atoms with Crippen LogP contribution in [0.15, 0.2) is 78.9 Å². The van der Waals surface area contributed by atoms with E-state index in [2.05, 4.69) is 16.0 Å². The van der Waals surface area contributed by atoms with Crippen LogP contribution in [0.2, 0.25) is 0 Å². The van der Waals surface area contributed by atoms with Gasteiger partial charge >= 0.3 is 0 Å². The van der Waals surface area contributed by atoms with E-state index in [0.29, 0.717) is 17.7 Å². The predicted molar refractivity (Wildman–Crippen MR) is 116 cm³/mol. The van der Waals surface area contributed by atoms with Crippen LogP contribution in [0.1, 0.15) is 22.3 Å². The van der Waals surface area contributed by atoms with Gasteiger partial charge in [0.25, 0.3) is 5.91 Å². The Balaban J connectivity index is 1.43. The third-order valence-corrected chi connectivity index (χ3v) is 4.98. The number of para-hydroxylation sites is 2. The van der Waals surface area contributed by atoms with E-state index in [0.717, 1.165) is 16.9 Å². The summed E-state index contributed by atoms with van der Waals surface area (Å²) in [6.45, 7) is 0. The van der Waals surface area contributed by atoms with E-state index >= 15 is 0 Å². The van der Waals surface area contributed by atoms with E-state index in [-0.39, 0.29) is 30.1 Å². The van der Waals surface area contributed by atoms with Crippen molar-refractivity contribution in [3.8, 4) is 0 Å². The van der Waals surface area contributed by atoms with Gasteiger partial charge < -0.3 is 10.6 Å². The maximum absolute atomic E-state index is 12.8. The van der Waals surface area contributed by atoms with E-state index in [4.69, 9.17) is 0 Å². The van der Waals surface area contributed by atoms with Crippen LogP contribution in [0.3, 0.4) is 0 Å². The van der Waals surface area contributed by atoms with E-state index in [1.54, 1.807) is 18.2 Å². The van der Waals surface area contributed by atoms with Crippen LogP contribution in [0.5, 0.6) is 0 Å². The van der Waals surface area contributed by atoms with Gasteiger partial charge in [-0.2, -0.15) is 0 Å². The molecule has 1 saturated heterocycles. The fourth-order valence-corrected chi connectivity index (χ4v) is 3.45. The smallest absolute Gasteiger partial charge is 0.257 e. The number of nitrogens with one attached hydrogen (secondary N) is 3. The number of imide groups is 1. The number of anilines is 3. The predicted octanol–water partition coefficient (Wildman–Crippen LogP) is 3.89. The Morgan fingerprint density at radius 1 is 0.867 bits per heavy atom. The number of benzene rings is 3. The summed E-state index contributed by atoms with van der Waals surface area (Å²) in [4.78, 5) is 35.9. The molecule has 150 valence electrons. The first-order chi connectivity index (χ1) is 14.6. The zero-order chi connectivity index (χ0) is 20.9. The molecule has 4 rings (SSSR count). The summed E-state index contributed by atoms with van der Waals surface area (Å²) < 4.78 is 0. The summed E-state index contributed by atoms with van der Waals surface area (Å²) in [7, 11) is 0. The Hall–Kier alpha value is -3.93. The van der Waals surface area contributed by atoms with Gasteiger partial charge in [0.15, 0.2) is 0 Å². The molecule has 0 spiro atoms. The molecule has 0 radical (unpaired) electrons. The number of carbonyl (C=O) groups is 3. The highest BCUT2D eigenvalue weighted by Crippen LogP contribution is 2.23. The van der Waals surface area contributed by atoms with Crippen molar-refractivity contribution in [1.29, 1.82) is 0 Å². The largest absolute Gasteiger partial charge is 0.355 e. The molecule has 6 heteroatoms. The quantitative estimate of drug-likeness (QED) is 0.549. The summed E-state index contributed by atoms with van der Waals surface area (Å²) in [5, 5.41) is 8.50. The summed E-state index contributed by atoms with van der Waals surface area (Å²) in [5.41, 5.74) is 3.75. The topological polar surface area (TPSA) is 87.3 Å². The number of hydrogen-bond acceptors (Lipinski definition) is 4. The number of hydrogen-bond donors (Lipinski definition) is 3. The van der Waals surface area contributed by atoms with E-state index < -0.39 is 0 Å². The first-order valence-corrected chi connectivity index (χ1v) is 9.73. The van der Waals surface area contributed by atoms with Crippen LogP contribution in [0.25, 0.3) is 0 Å². The van der Waals surface area contributed by atoms with Crippen LogP contribution in [-0.2, 0) is 16.0 Å². The second-order valence-corrected chi connectivity index (χ2v) is 7.21. The number of amides is 3. The standard InChI is InChI=1S/C24H21N3O3/c28-22-15-17(23(29)27-22)14-16-10-12-19(13-11-16)26-24(30)20-8-4-5-9-21(20)25-18-6-2-1-3-7-18/h1-13,17,25H,14-15H2,(H,26,30)(H,27,28,29). The van der Waals surface area contributed by atoms with Crippen LogP contribution in [0.4, 0.5) is 17.1 Å². The van der Waals surface area contributed by atoms with Gasteiger partial charge in [-0.25, -0.2) is 0 Å². The molecular formula is C24H21N3O3. The number of rotatable bonds is 6. The first kappa shape index (κ1) is 19.4. The average Bonchev–Trinajstić information content (AvgIpc) is 3.07. The highest BCUT2D eigenvalue weighted by atomic mass is 16.2. The molecule has 1 fully saturated rings. The highest BCUT2D eigenvalue weighted by molar-refractivity contribution is 6.08. The van der Waals surface area contributed by atoms with Crippen molar-refractivity contribution in [1.82, 2.24) is 5.32 Å². The maximum Gasteiger partial charge on any atom is 0.257 e. The molecule has 1 aliphatic rings.